The van der Waals surface area contributed by atoms with Crippen LogP contribution in [0.4, 0.5) is 8.78 Å². The molecule has 4 rings (SSSR count). The van der Waals surface area contributed by atoms with Crippen LogP contribution >= 0.6 is 0 Å². The molecule has 0 saturated heterocycles. The molecule has 0 atom stereocenters. The van der Waals surface area contributed by atoms with E-state index in [1.54, 1.807) is 49.0 Å². The first kappa shape index (κ1) is 17.0. The number of aromatic amines is 1. The first-order chi connectivity index (χ1) is 13.2. The quantitative estimate of drug-likeness (QED) is 0.771. The first-order valence-corrected chi connectivity index (χ1v) is 8.28. The molecule has 3 aromatic heterocycles. The summed E-state index contributed by atoms with van der Waals surface area (Å²) < 4.78 is 31.6. The van der Waals surface area contributed by atoms with Gasteiger partial charge in [0.2, 0.25) is 5.82 Å². The Morgan fingerprint density at radius 3 is 2.93 bits per heavy atom. The van der Waals surface area contributed by atoms with Gasteiger partial charge < -0.3 is 0 Å². The second kappa shape index (κ2) is 7.02. The fourth-order valence-corrected chi connectivity index (χ4v) is 2.66. The Bertz CT molecular complexity index is 1060. The van der Waals surface area contributed by atoms with Crippen LogP contribution in [-0.4, -0.2) is 42.8 Å². The topological polar surface area (TPSA) is 84.1 Å². The number of aliphatic imine (C=N–C) groups is 1. The smallest absolute Gasteiger partial charge is 0.289 e. The molecule has 136 valence electrons. The molecule has 0 amide bonds. The highest BCUT2D eigenvalue weighted by molar-refractivity contribution is 5.71. The number of alkyl halides is 2. The number of rotatable bonds is 3. The molecule has 3 aromatic rings. The van der Waals surface area contributed by atoms with Crippen LogP contribution in [0.2, 0.25) is 0 Å². The summed E-state index contributed by atoms with van der Waals surface area (Å²) >= 11 is 0. The van der Waals surface area contributed by atoms with Crippen LogP contribution in [0.3, 0.4) is 0 Å². The summed E-state index contributed by atoms with van der Waals surface area (Å²) in [6, 6.07) is 3.28. The highest BCUT2D eigenvalue weighted by Gasteiger charge is 2.40. The molecule has 7 nitrogen and oxygen atoms in total. The molecule has 1 aliphatic rings. The Labute approximate surface area is 152 Å². The van der Waals surface area contributed by atoms with Gasteiger partial charge in [0.05, 0.1) is 18.4 Å². The highest BCUT2D eigenvalue weighted by Crippen LogP contribution is 2.36. The van der Waals surface area contributed by atoms with Gasteiger partial charge in [-0.3, -0.25) is 10.1 Å². The van der Waals surface area contributed by atoms with Crippen molar-refractivity contribution in [2.75, 3.05) is 6.54 Å². The van der Waals surface area contributed by atoms with E-state index in [-0.39, 0.29) is 11.2 Å². The fourth-order valence-electron chi connectivity index (χ4n) is 2.66. The van der Waals surface area contributed by atoms with Gasteiger partial charge in [0.15, 0.2) is 5.65 Å². The van der Waals surface area contributed by atoms with Crippen molar-refractivity contribution in [2.45, 2.75) is 12.3 Å². The van der Waals surface area contributed by atoms with E-state index in [4.69, 9.17) is 0 Å². The monoisotopic (exact) mass is 367 g/mol. The molecule has 0 aromatic carbocycles. The number of H-pyrrole nitrogens is 1. The van der Waals surface area contributed by atoms with Crippen LogP contribution in [-0.2, 0) is 5.92 Å². The number of nitrogens with zero attached hydrogens (tertiary/aromatic N) is 6. The maximum Gasteiger partial charge on any atom is 0.333 e. The van der Waals surface area contributed by atoms with E-state index in [1.807, 2.05) is 0 Å². The molecule has 0 radical (unpaired) electrons. The number of hydrogen-bond acceptors (Lipinski definition) is 5. The Morgan fingerprint density at radius 1 is 1.15 bits per heavy atom. The molecule has 1 aliphatic heterocycles. The summed E-state index contributed by atoms with van der Waals surface area (Å²) in [6.45, 7) is 0.321. The van der Waals surface area contributed by atoms with Gasteiger partial charge in [-0.05, 0) is 24.6 Å². The van der Waals surface area contributed by atoms with E-state index >= 15 is 8.78 Å². The van der Waals surface area contributed by atoms with Crippen LogP contribution in [0.15, 0.2) is 65.5 Å². The van der Waals surface area contributed by atoms with Crippen LogP contribution in [0, 0.1) is 0 Å². The lowest BCUT2D eigenvalue weighted by atomic mass is 10.1. The van der Waals surface area contributed by atoms with Gasteiger partial charge >= 0.3 is 5.92 Å². The highest BCUT2D eigenvalue weighted by atomic mass is 19.3. The SMILES string of the molecule is FC(F)(C1=C/C/C=C\C=N/C/C=C\1)c1nnc2ccc(-c3cn[nH]c3)nn12. The van der Waals surface area contributed by atoms with Crippen molar-refractivity contribution < 1.29 is 8.78 Å². The number of nitrogens with one attached hydrogen (secondary N) is 1. The lowest BCUT2D eigenvalue weighted by Gasteiger charge is -2.16. The van der Waals surface area contributed by atoms with Crippen molar-refractivity contribution in [2.24, 2.45) is 4.99 Å². The number of hydrogen-bond donors (Lipinski definition) is 1. The maximum absolute atomic E-state index is 15.3. The third-order valence-corrected chi connectivity index (χ3v) is 4.01. The number of allylic oxidation sites excluding steroid dienone is 5. The zero-order valence-electron chi connectivity index (χ0n) is 14.1. The minimum atomic E-state index is -3.37. The Morgan fingerprint density at radius 2 is 2.07 bits per heavy atom. The van der Waals surface area contributed by atoms with E-state index in [2.05, 4.69) is 30.5 Å². The molecule has 0 aliphatic carbocycles. The van der Waals surface area contributed by atoms with E-state index < -0.39 is 11.7 Å². The van der Waals surface area contributed by atoms with E-state index in [1.165, 1.54) is 12.2 Å². The third-order valence-electron chi connectivity index (χ3n) is 4.01. The van der Waals surface area contributed by atoms with E-state index in [0.717, 1.165) is 4.52 Å². The Balaban J connectivity index is 1.78. The molecule has 9 heteroatoms. The van der Waals surface area contributed by atoms with Gasteiger partial charge in [-0.25, -0.2) is 0 Å². The van der Waals surface area contributed by atoms with Crippen molar-refractivity contribution in [1.29, 1.82) is 0 Å². The minimum absolute atomic E-state index is 0.172. The summed E-state index contributed by atoms with van der Waals surface area (Å²) in [4.78, 5) is 4.08. The van der Waals surface area contributed by atoms with Crippen LogP contribution in [0.25, 0.3) is 16.9 Å². The summed E-state index contributed by atoms with van der Waals surface area (Å²) in [5.41, 5.74) is 1.24. The van der Waals surface area contributed by atoms with Crippen LogP contribution in [0.5, 0.6) is 0 Å². The number of fused-ring (bicyclic) bond motifs is 1. The molecular weight excluding hydrogens is 352 g/mol. The van der Waals surface area contributed by atoms with Gasteiger partial charge in [-0.2, -0.15) is 23.5 Å². The molecule has 1 N–H and O–H groups in total. The van der Waals surface area contributed by atoms with Crippen molar-refractivity contribution in [3.8, 4) is 11.3 Å². The van der Waals surface area contributed by atoms with Gasteiger partial charge in [0, 0.05) is 23.5 Å². The fraction of sp³-hybridized carbons (Fsp3) is 0.167. The predicted octanol–water partition coefficient (Wildman–Crippen LogP) is 3.12. The van der Waals surface area contributed by atoms with Crippen molar-refractivity contribution in [1.82, 2.24) is 30.0 Å². The molecule has 27 heavy (non-hydrogen) atoms. The molecule has 0 bridgehead atoms. The third kappa shape index (κ3) is 3.31. The zero-order chi connectivity index (χ0) is 18.7. The lowest BCUT2D eigenvalue weighted by Crippen LogP contribution is -2.21. The average molecular weight is 367 g/mol. The summed E-state index contributed by atoms with van der Waals surface area (Å²) in [6.07, 6.45) is 13.1. The molecule has 0 unspecified atom stereocenters. The molecule has 4 heterocycles. The summed E-state index contributed by atoms with van der Waals surface area (Å²) in [5, 5.41) is 18.4. The molecular formula is C18H15F2N7. The second-order valence-corrected chi connectivity index (χ2v) is 5.81. The van der Waals surface area contributed by atoms with Crippen molar-refractivity contribution >= 4 is 11.9 Å². The van der Waals surface area contributed by atoms with Crippen molar-refractivity contribution in [3.63, 3.8) is 0 Å². The largest absolute Gasteiger partial charge is 0.333 e. The first-order valence-electron chi connectivity index (χ1n) is 8.28. The van der Waals surface area contributed by atoms with Crippen molar-refractivity contribution in [3.05, 3.63) is 66.3 Å². The van der Waals surface area contributed by atoms with E-state index in [9.17, 15) is 0 Å². The standard InChI is InChI=1S/C18H15F2N7/c19-18(20,14-5-2-1-3-9-21-10-4-6-14)17-25-24-16-8-7-15(26-27(16)17)13-11-22-23-12-13/h1,3-9,11-12H,2,10H2,(H,22,23)/b3-1-,6-4-,14-5+,21-9-. The number of aromatic nitrogens is 6. The lowest BCUT2D eigenvalue weighted by molar-refractivity contribution is 0.0295. The van der Waals surface area contributed by atoms with Gasteiger partial charge in [0.1, 0.15) is 0 Å². The molecule has 0 fully saturated rings. The van der Waals surface area contributed by atoms with Gasteiger partial charge in [-0.1, -0.05) is 24.3 Å². The minimum Gasteiger partial charge on any atom is -0.289 e. The normalized spacial score (nSPS) is 20.7. The van der Waals surface area contributed by atoms with Gasteiger partial charge in [0.25, 0.3) is 0 Å². The summed E-state index contributed by atoms with van der Waals surface area (Å²) in [7, 11) is 0. The Hall–Kier alpha value is -3.49. The van der Waals surface area contributed by atoms with Gasteiger partial charge in [-0.15, -0.1) is 10.2 Å². The molecule has 0 spiro atoms. The predicted molar refractivity (Wildman–Crippen MR) is 96.6 cm³/mol. The maximum atomic E-state index is 15.3. The van der Waals surface area contributed by atoms with E-state index in [0.29, 0.717) is 24.2 Å². The Kier molecular flexibility index (Phi) is 4.41. The zero-order valence-corrected chi connectivity index (χ0v) is 14.1. The molecule has 0 saturated carbocycles. The van der Waals surface area contributed by atoms with Crippen LogP contribution < -0.4 is 0 Å². The number of halogens is 2. The van der Waals surface area contributed by atoms with Crippen LogP contribution in [0.1, 0.15) is 12.2 Å². The second-order valence-electron chi connectivity index (χ2n) is 5.81. The average Bonchev–Trinajstić information content (AvgIpc) is 3.35. The summed E-state index contributed by atoms with van der Waals surface area (Å²) in [5.74, 6) is -3.91.